The molecule has 25 heavy (non-hydrogen) atoms. The van der Waals surface area contributed by atoms with Gasteiger partial charge in [-0.3, -0.25) is 9.59 Å². The van der Waals surface area contributed by atoms with Gasteiger partial charge in [0.1, 0.15) is 0 Å². The van der Waals surface area contributed by atoms with E-state index in [9.17, 15) is 9.59 Å². The second-order valence-electron chi connectivity index (χ2n) is 6.79. The number of unbranched alkanes of at least 4 members (excludes halogenated alkanes) is 10. The Morgan fingerprint density at radius 3 is 1.80 bits per heavy atom. The molecule has 0 aliphatic carbocycles. The number of rotatable bonds is 17. The molecular formula is C20H40O4Sn. The Balaban J connectivity index is 0. The van der Waals surface area contributed by atoms with Gasteiger partial charge in [0.05, 0.1) is 18.9 Å². The molecule has 0 aliphatic heterocycles. The van der Waals surface area contributed by atoms with E-state index in [4.69, 9.17) is 9.84 Å². The average Bonchev–Trinajstić information content (AvgIpc) is 2.55. The van der Waals surface area contributed by atoms with Crippen LogP contribution in [-0.4, -0.2) is 47.6 Å². The number of carboxylic acids is 1. The van der Waals surface area contributed by atoms with Crippen molar-refractivity contribution in [3.63, 3.8) is 0 Å². The molecule has 0 spiro atoms. The van der Waals surface area contributed by atoms with Crippen LogP contribution >= 0.6 is 0 Å². The van der Waals surface area contributed by atoms with Crippen molar-refractivity contribution in [2.45, 2.75) is 104 Å². The van der Waals surface area contributed by atoms with Crippen LogP contribution in [-0.2, 0) is 14.3 Å². The summed E-state index contributed by atoms with van der Waals surface area (Å²) in [7, 11) is 0. The van der Waals surface area contributed by atoms with Crippen LogP contribution in [0.5, 0.6) is 0 Å². The third-order valence-corrected chi connectivity index (χ3v) is 4.40. The van der Waals surface area contributed by atoms with Gasteiger partial charge < -0.3 is 9.84 Å². The van der Waals surface area contributed by atoms with Crippen LogP contribution < -0.4 is 0 Å². The summed E-state index contributed by atoms with van der Waals surface area (Å²) >= 11 is 0. The van der Waals surface area contributed by atoms with Crippen LogP contribution in [0, 0.1) is 5.92 Å². The van der Waals surface area contributed by atoms with E-state index >= 15 is 0 Å². The summed E-state index contributed by atoms with van der Waals surface area (Å²) in [4.78, 5) is 23.1. The quantitative estimate of drug-likeness (QED) is 0.191. The summed E-state index contributed by atoms with van der Waals surface area (Å²) in [6.07, 6.45) is 14.2. The van der Waals surface area contributed by atoms with Gasteiger partial charge >= 0.3 is 35.8 Å². The van der Waals surface area contributed by atoms with Crippen molar-refractivity contribution < 1.29 is 19.4 Å². The Labute approximate surface area is 171 Å². The molecule has 0 aromatic heterocycles. The zero-order valence-corrected chi connectivity index (χ0v) is 20.6. The number of aliphatic carboxylic acids is 1. The number of hydrogen-bond donors (Lipinski definition) is 1. The normalized spacial score (nSPS) is 11.6. The van der Waals surface area contributed by atoms with Gasteiger partial charge in [0.2, 0.25) is 0 Å². The molecule has 4 nitrogen and oxygen atoms in total. The maximum atomic E-state index is 12.1. The second kappa shape index (κ2) is 20.1. The molecule has 0 rings (SSSR count). The van der Waals surface area contributed by atoms with Crippen molar-refractivity contribution in [1.82, 2.24) is 0 Å². The Morgan fingerprint density at radius 2 is 1.28 bits per heavy atom. The molecule has 0 fully saturated rings. The van der Waals surface area contributed by atoms with Crippen molar-refractivity contribution in [2.75, 3.05) is 6.61 Å². The maximum absolute atomic E-state index is 12.1. The van der Waals surface area contributed by atoms with E-state index in [1.54, 1.807) is 0 Å². The number of carbonyl (C=O) groups is 2. The molecule has 1 unspecified atom stereocenters. The van der Waals surface area contributed by atoms with Gasteiger partial charge in [-0.2, -0.15) is 0 Å². The summed E-state index contributed by atoms with van der Waals surface area (Å²) < 4.78 is 5.30. The summed E-state index contributed by atoms with van der Waals surface area (Å²) in [5.41, 5.74) is 0. The van der Waals surface area contributed by atoms with Crippen molar-refractivity contribution >= 4 is 35.8 Å². The molecule has 0 heterocycles. The van der Waals surface area contributed by atoms with Gasteiger partial charge in [0.25, 0.3) is 0 Å². The van der Waals surface area contributed by atoms with Gasteiger partial charge in [0, 0.05) is 0 Å². The number of carbonyl (C=O) groups excluding carboxylic acids is 1. The van der Waals surface area contributed by atoms with Gasteiger partial charge in [-0.15, -0.1) is 0 Å². The molecule has 0 aliphatic rings. The Hall–Kier alpha value is -0.261. The number of esters is 1. The standard InChI is InChI=1S/C20H38O4.Sn.2H/c1-3-5-7-9-11-13-15-18(17-19(21)22)20(23)24-16-14-12-10-8-6-4-2;;;/h18H,3-17H2,1-2H3,(H,21,22);;;. The number of carboxylic acid groups (broad SMARTS) is 1. The molecule has 0 bridgehead atoms. The van der Waals surface area contributed by atoms with Crippen molar-refractivity contribution in [3.05, 3.63) is 0 Å². The van der Waals surface area contributed by atoms with Crippen LogP contribution in [0.3, 0.4) is 0 Å². The molecule has 0 amide bonds. The van der Waals surface area contributed by atoms with Crippen molar-refractivity contribution in [2.24, 2.45) is 5.92 Å². The zero-order chi connectivity index (χ0) is 18.0. The minimum absolute atomic E-state index is 0. The summed E-state index contributed by atoms with van der Waals surface area (Å²) in [5, 5.41) is 8.99. The van der Waals surface area contributed by atoms with Crippen LogP contribution in [0.15, 0.2) is 0 Å². The molecular weight excluding hydrogens is 423 g/mol. The molecule has 0 aromatic carbocycles. The van der Waals surface area contributed by atoms with E-state index in [1.807, 2.05) is 0 Å². The first-order valence-electron chi connectivity index (χ1n) is 10.00. The average molecular weight is 463 g/mol. The Morgan fingerprint density at radius 1 is 0.800 bits per heavy atom. The van der Waals surface area contributed by atoms with E-state index in [0.29, 0.717) is 13.0 Å². The topological polar surface area (TPSA) is 63.6 Å². The van der Waals surface area contributed by atoms with E-state index in [1.165, 1.54) is 51.4 Å². The predicted molar refractivity (Wildman–Crippen MR) is 107 cm³/mol. The van der Waals surface area contributed by atoms with Crippen molar-refractivity contribution in [1.29, 1.82) is 0 Å². The van der Waals surface area contributed by atoms with E-state index in [2.05, 4.69) is 13.8 Å². The fourth-order valence-corrected chi connectivity index (χ4v) is 2.86. The summed E-state index contributed by atoms with van der Waals surface area (Å²) in [6, 6.07) is 0. The van der Waals surface area contributed by atoms with Crippen LogP contribution in [0.2, 0.25) is 0 Å². The number of ether oxygens (including phenoxy) is 1. The molecule has 148 valence electrons. The Kier molecular flexibility index (Phi) is 21.6. The number of hydrogen-bond acceptors (Lipinski definition) is 3. The second-order valence-corrected chi connectivity index (χ2v) is 6.79. The fourth-order valence-electron chi connectivity index (χ4n) is 2.86. The first-order valence-corrected chi connectivity index (χ1v) is 10.00. The SMILES string of the molecule is CCCCCCCCOC(=O)C(CCCCCCCC)CC(=O)O.[SnH2]. The van der Waals surface area contributed by atoms with E-state index < -0.39 is 11.9 Å². The summed E-state index contributed by atoms with van der Waals surface area (Å²) in [5.74, 6) is -1.71. The first kappa shape index (κ1) is 27.0. The predicted octanol–water partition coefficient (Wildman–Crippen LogP) is 4.82. The molecule has 1 atom stereocenters. The van der Waals surface area contributed by atoms with E-state index in [0.717, 1.165) is 25.7 Å². The Bertz CT molecular complexity index is 321. The van der Waals surface area contributed by atoms with Gasteiger partial charge in [-0.1, -0.05) is 84.5 Å². The van der Waals surface area contributed by atoms with Gasteiger partial charge in [0.15, 0.2) is 0 Å². The monoisotopic (exact) mass is 464 g/mol. The molecule has 0 saturated carbocycles. The van der Waals surface area contributed by atoms with E-state index in [-0.39, 0.29) is 36.3 Å². The molecule has 2 radical (unpaired) electrons. The third kappa shape index (κ3) is 18.3. The molecule has 1 N–H and O–H groups in total. The summed E-state index contributed by atoms with van der Waals surface area (Å²) in [6.45, 7) is 4.80. The van der Waals surface area contributed by atoms with Crippen LogP contribution in [0.1, 0.15) is 104 Å². The minimum atomic E-state index is -0.914. The molecule has 5 heteroatoms. The van der Waals surface area contributed by atoms with Crippen LogP contribution in [0.25, 0.3) is 0 Å². The van der Waals surface area contributed by atoms with Gasteiger partial charge in [-0.25, -0.2) is 0 Å². The zero-order valence-electron chi connectivity index (χ0n) is 16.6. The third-order valence-electron chi connectivity index (χ3n) is 4.40. The molecule has 0 aromatic rings. The fraction of sp³-hybridized carbons (Fsp3) is 0.900. The van der Waals surface area contributed by atoms with Gasteiger partial charge in [-0.05, 0) is 12.8 Å². The van der Waals surface area contributed by atoms with Crippen LogP contribution in [0.4, 0.5) is 0 Å². The van der Waals surface area contributed by atoms with Crippen molar-refractivity contribution in [3.8, 4) is 0 Å². The molecule has 0 saturated heterocycles. The first-order chi connectivity index (χ1) is 11.6.